The minimum atomic E-state index is -0.227. The molecule has 1 atom stereocenters. The maximum absolute atomic E-state index is 13.0. The number of nitrogens with zero attached hydrogens (tertiary/aromatic N) is 4. The fraction of sp³-hybridized carbons (Fsp3) is 0.429. The molecule has 5 rings (SSSR count). The molecule has 29 heavy (non-hydrogen) atoms. The second-order valence-corrected chi connectivity index (χ2v) is 8.57. The number of aromatic nitrogens is 2. The van der Waals surface area contributed by atoms with E-state index in [9.17, 15) is 4.79 Å². The Labute approximate surface area is 169 Å². The number of fused-ring (bicyclic) bond motifs is 1. The van der Waals surface area contributed by atoms with E-state index >= 15 is 0 Å². The molecule has 2 aromatic rings. The topological polar surface area (TPSA) is 98.4 Å². The highest BCUT2D eigenvalue weighted by atomic mass is 16.1. The van der Waals surface area contributed by atoms with E-state index in [1.165, 1.54) is 0 Å². The van der Waals surface area contributed by atoms with Crippen LogP contribution in [0.2, 0.25) is 0 Å². The van der Waals surface area contributed by atoms with Crippen LogP contribution in [0.1, 0.15) is 24.2 Å². The lowest BCUT2D eigenvalue weighted by Crippen LogP contribution is -2.71. The van der Waals surface area contributed by atoms with Crippen LogP contribution in [0.5, 0.6) is 0 Å². The standard InChI is InChI=1S/C21H25N7O/c1-12-6-17(24-18(12)13(2)22)25-20(29)14-4-5-16(15-7-27(3)26-19(14)15)28-10-21(11-28)8-23-9-21/h4-7,12,22-23H,8-11H2,1-3H3,(H,25,29). The fourth-order valence-electron chi connectivity index (χ4n) is 4.56. The molecule has 1 spiro atoms. The van der Waals surface area contributed by atoms with Crippen molar-refractivity contribution in [1.82, 2.24) is 20.4 Å². The molecular formula is C21H25N7O. The number of carbonyl (C=O) groups is 1. The van der Waals surface area contributed by atoms with Crippen molar-refractivity contribution in [3.63, 3.8) is 0 Å². The summed E-state index contributed by atoms with van der Waals surface area (Å²) in [4.78, 5) is 19.8. The second-order valence-electron chi connectivity index (χ2n) is 8.57. The SMILES string of the molecule is CC(=N)C1=NC(NC(=O)c2ccc(N3CC4(CNC4)C3)c3cn(C)nc23)=CC1C. The van der Waals surface area contributed by atoms with Gasteiger partial charge in [-0.25, -0.2) is 4.99 Å². The predicted octanol–water partition coefficient (Wildman–Crippen LogP) is 1.68. The van der Waals surface area contributed by atoms with Crippen LogP contribution in [0, 0.1) is 16.7 Å². The first-order valence-corrected chi connectivity index (χ1v) is 9.95. The van der Waals surface area contributed by atoms with Crippen LogP contribution in [0.25, 0.3) is 10.9 Å². The summed E-state index contributed by atoms with van der Waals surface area (Å²) in [5.41, 5.74) is 3.91. The Hall–Kier alpha value is -3.00. The van der Waals surface area contributed by atoms with Gasteiger partial charge in [-0.1, -0.05) is 6.92 Å². The number of rotatable bonds is 4. The first kappa shape index (κ1) is 18.1. The molecule has 0 radical (unpaired) electrons. The Morgan fingerprint density at radius 3 is 2.72 bits per heavy atom. The zero-order chi connectivity index (χ0) is 20.3. The van der Waals surface area contributed by atoms with Gasteiger partial charge in [0.05, 0.1) is 17.0 Å². The van der Waals surface area contributed by atoms with Crippen molar-refractivity contribution in [2.75, 3.05) is 31.1 Å². The molecule has 4 heterocycles. The maximum Gasteiger partial charge on any atom is 0.259 e. The number of carbonyl (C=O) groups excluding carboxylic acids is 1. The Balaban J connectivity index is 1.42. The number of hydrogen-bond donors (Lipinski definition) is 3. The number of allylic oxidation sites excluding steroid dienone is 1. The molecule has 8 nitrogen and oxygen atoms in total. The highest BCUT2D eigenvalue weighted by Gasteiger charge is 2.48. The molecule has 1 unspecified atom stereocenters. The lowest BCUT2D eigenvalue weighted by atomic mass is 9.74. The molecule has 1 aromatic heterocycles. The number of nitrogens with one attached hydrogen (secondary N) is 3. The lowest BCUT2D eigenvalue weighted by molar-refractivity contribution is 0.0967. The molecule has 0 bridgehead atoms. The third kappa shape index (κ3) is 2.86. The van der Waals surface area contributed by atoms with Crippen LogP contribution < -0.4 is 15.5 Å². The quantitative estimate of drug-likeness (QED) is 0.691. The summed E-state index contributed by atoms with van der Waals surface area (Å²) in [5, 5.41) is 19.6. The van der Waals surface area contributed by atoms with Gasteiger partial charge in [-0.3, -0.25) is 9.48 Å². The first-order valence-electron chi connectivity index (χ1n) is 9.95. The van der Waals surface area contributed by atoms with Gasteiger partial charge in [-0.15, -0.1) is 0 Å². The second kappa shape index (κ2) is 6.25. The summed E-state index contributed by atoms with van der Waals surface area (Å²) < 4.78 is 1.76. The molecular weight excluding hydrogens is 366 g/mol. The lowest BCUT2D eigenvalue weighted by Gasteiger charge is -2.57. The highest BCUT2D eigenvalue weighted by molar-refractivity contribution is 6.42. The number of amides is 1. The van der Waals surface area contributed by atoms with E-state index in [1.807, 2.05) is 38.4 Å². The maximum atomic E-state index is 13.0. The van der Waals surface area contributed by atoms with Gasteiger partial charge in [-0.05, 0) is 25.1 Å². The van der Waals surface area contributed by atoms with E-state index < -0.39 is 0 Å². The summed E-state index contributed by atoms with van der Waals surface area (Å²) in [6.07, 6.45) is 3.86. The van der Waals surface area contributed by atoms with E-state index in [0.29, 0.717) is 33.7 Å². The van der Waals surface area contributed by atoms with Gasteiger partial charge in [0.15, 0.2) is 0 Å². The van der Waals surface area contributed by atoms with Gasteiger partial charge in [0.1, 0.15) is 11.3 Å². The molecule has 2 fully saturated rings. The number of aliphatic imine (C=N–C) groups is 1. The molecule has 1 amide bonds. The number of aryl methyl sites for hydroxylation is 1. The van der Waals surface area contributed by atoms with Gasteiger partial charge in [0.2, 0.25) is 0 Å². The van der Waals surface area contributed by atoms with Gasteiger partial charge in [-0.2, -0.15) is 5.10 Å². The van der Waals surface area contributed by atoms with E-state index in [4.69, 9.17) is 5.41 Å². The molecule has 8 heteroatoms. The van der Waals surface area contributed by atoms with Crippen LogP contribution in [0.4, 0.5) is 5.69 Å². The number of benzene rings is 1. The van der Waals surface area contributed by atoms with Crippen LogP contribution >= 0.6 is 0 Å². The van der Waals surface area contributed by atoms with Crippen molar-refractivity contribution in [2.45, 2.75) is 13.8 Å². The molecule has 150 valence electrons. The molecule has 2 saturated heterocycles. The number of hydrogen-bond acceptors (Lipinski definition) is 6. The van der Waals surface area contributed by atoms with Crippen LogP contribution in [0.15, 0.2) is 35.2 Å². The summed E-state index contributed by atoms with van der Waals surface area (Å²) in [7, 11) is 1.88. The molecule has 1 aromatic carbocycles. The zero-order valence-corrected chi connectivity index (χ0v) is 16.9. The monoisotopic (exact) mass is 391 g/mol. The van der Waals surface area contributed by atoms with Crippen molar-refractivity contribution in [1.29, 1.82) is 5.41 Å². The first-order chi connectivity index (χ1) is 13.8. The summed E-state index contributed by atoms with van der Waals surface area (Å²) in [6, 6.07) is 3.88. The highest BCUT2D eigenvalue weighted by Crippen LogP contribution is 2.40. The van der Waals surface area contributed by atoms with E-state index in [-0.39, 0.29) is 11.8 Å². The third-order valence-corrected chi connectivity index (χ3v) is 6.11. The molecule has 3 N–H and O–H groups in total. The Morgan fingerprint density at radius 2 is 2.10 bits per heavy atom. The normalized spacial score (nSPS) is 22.2. The zero-order valence-electron chi connectivity index (χ0n) is 16.9. The summed E-state index contributed by atoms with van der Waals surface area (Å²) >= 11 is 0. The molecule has 3 aliphatic rings. The minimum absolute atomic E-state index is 0.0276. The third-order valence-electron chi connectivity index (χ3n) is 6.11. The van der Waals surface area contributed by atoms with Crippen LogP contribution in [-0.4, -0.2) is 53.3 Å². The van der Waals surface area contributed by atoms with Crippen molar-refractivity contribution in [2.24, 2.45) is 23.4 Å². The van der Waals surface area contributed by atoms with Gasteiger partial charge in [0.25, 0.3) is 5.91 Å². The Bertz CT molecular complexity index is 1100. The van der Waals surface area contributed by atoms with E-state index in [0.717, 1.165) is 37.3 Å². The smallest absolute Gasteiger partial charge is 0.259 e. The van der Waals surface area contributed by atoms with Gasteiger partial charge < -0.3 is 20.9 Å². The average molecular weight is 391 g/mol. The summed E-state index contributed by atoms with van der Waals surface area (Å²) in [6.45, 7) is 7.95. The number of anilines is 1. The van der Waals surface area contributed by atoms with Crippen molar-refractivity contribution in [3.05, 3.63) is 35.8 Å². The Kier molecular flexibility index (Phi) is 3.89. The van der Waals surface area contributed by atoms with E-state index in [1.54, 1.807) is 11.6 Å². The van der Waals surface area contributed by atoms with Crippen LogP contribution in [0.3, 0.4) is 0 Å². The average Bonchev–Trinajstić information content (AvgIpc) is 3.14. The molecule has 0 aliphatic carbocycles. The van der Waals surface area contributed by atoms with Crippen molar-refractivity contribution >= 4 is 33.9 Å². The Morgan fingerprint density at radius 1 is 1.34 bits per heavy atom. The van der Waals surface area contributed by atoms with Gasteiger partial charge >= 0.3 is 0 Å². The van der Waals surface area contributed by atoms with E-state index in [2.05, 4.69) is 25.6 Å². The summed E-state index contributed by atoms with van der Waals surface area (Å²) in [5.74, 6) is 0.300. The van der Waals surface area contributed by atoms with Crippen molar-refractivity contribution in [3.8, 4) is 0 Å². The fourth-order valence-corrected chi connectivity index (χ4v) is 4.56. The minimum Gasteiger partial charge on any atom is -0.369 e. The predicted molar refractivity (Wildman–Crippen MR) is 114 cm³/mol. The van der Waals surface area contributed by atoms with Gasteiger partial charge in [0, 0.05) is 61.8 Å². The molecule has 3 aliphatic heterocycles. The largest absolute Gasteiger partial charge is 0.369 e. The van der Waals surface area contributed by atoms with Crippen molar-refractivity contribution < 1.29 is 4.79 Å². The molecule has 0 saturated carbocycles. The van der Waals surface area contributed by atoms with Crippen LogP contribution in [-0.2, 0) is 7.05 Å².